The minimum Gasteiger partial charge on any atom is -0.384 e. The number of hydrogen-bond acceptors (Lipinski definition) is 3. The van der Waals surface area contributed by atoms with E-state index in [1.807, 2.05) is 0 Å². The molecular formula is C16H23N3O. The molecule has 1 aromatic rings. The molecule has 3 N–H and O–H groups in total. The Hall–Kier alpha value is -1.55. The number of carbonyl (C=O) groups is 1. The van der Waals surface area contributed by atoms with Gasteiger partial charge < -0.3 is 11.1 Å². The zero-order valence-electron chi connectivity index (χ0n) is 12.1. The molecule has 2 aliphatic rings. The molecule has 1 aromatic carbocycles. The van der Waals surface area contributed by atoms with Crippen molar-refractivity contribution in [2.45, 2.75) is 38.8 Å². The number of para-hydroxylation sites is 1. The van der Waals surface area contributed by atoms with Crippen molar-refractivity contribution >= 4 is 11.6 Å². The molecule has 0 spiro atoms. The first-order valence-corrected chi connectivity index (χ1v) is 7.53. The van der Waals surface area contributed by atoms with Crippen LogP contribution in [0.3, 0.4) is 0 Å². The van der Waals surface area contributed by atoms with Gasteiger partial charge in [-0.1, -0.05) is 25.1 Å². The van der Waals surface area contributed by atoms with E-state index in [9.17, 15) is 4.79 Å². The lowest BCUT2D eigenvalue weighted by molar-refractivity contribution is -0.125. The summed E-state index contributed by atoms with van der Waals surface area (Å²) in [7, 11) is 0. The molecule has 2 aliphatic heterocycles. The third-order valence-electron chi connectivity index (χ3n) is 4.61. The molecule has 2 unspecified atom stereocenters. The second kappa shape index (κ2) is 5.44. The van der Waals surface area contributed by atoms with E-state index in [4.69, 9.17) is 5.73 Å². The van der Waals surface area contributed by atoms with Crippen LogP contribution >= 0.6 is 0 Å². The van der Waals surface area contributed by atoms with Crippen LogP contribution < -0.4 is 11.1 Å². The maximum Gasteiger partial charge on any atom is 0.234 e. The van der Waals surface area contributed by atoms with Gasteiger partial charge in [0.15, 0.2) is 0 Å². The van der Waals surface area contributed by atoms with Gasteiger partial charge >= 0.3 is 0 Å². The van der Waals surface area contributed by atoms with E-state index >= 15 is 0 Å². The summed E-state index contributed by atoms with van der Waals surface area (Å²) in [6, 6.07) is 6.35. The lowest BCUT2D eigenvalue weighted by atomic mass is 9.91. The van der Waals surface area contributed by atoms with Crippen LogP contribution in [0.4, 0.5) is 5.69 Å². The van der Waals surface area contributed by atoms with E-state index in [1.54, 1.807) is 0 Å². The molecule has 0 aliphatic carbocycles. The summed E-state index contributed by atoms with van der Waals surface area (Å²) in [5.74, 6) is 0.403. The maximum absolute atomic E-state index is 11.7. The van der Waals surface area contributed by atoms with Gasteiger partial charge in [-0.05, 0) is 42.9 Å². The smallest absolute Gasteiger partial charge is 0.234 e. The van der Waals surface area contributed by atoms with Crippen LogP contribution in [0, 0.1) is 5.92 Å². The fraction of sp³-hybridized carbons (Fsp3) is 0.562. The van der Waals surface area contributed by atoms with Gasteiger partial charge in [-0.25, -0.2) is 0 Å². The highest BCUT2D eigenvalue weighted by Gasteiger charge is 2.31. The number of hydrogen-bond donors (Lipinski definition) is 2. The second-order valence-corrected chi connectivity index (χ2v) is 6.15. The van der Waals surface area contributed by atoms with Crippen molar-refractivity contribution in [2.24, 2.45) is 11.7 Å². The number of anilines is 1. The van der Waals surface area contributed by atoms with Crippen LogP contribution in [-0.4, -0.2) is 29.9 Å². The minimum absolute atomic E-state index is 0.115. The number of nitrogens with two attached hydrogens (primary N) is 1. The third kappa shape index (κ3) is 2.52. The van der Waals surface area contributed by atoms with Crippen molar-refractivity contribution in [3.63, 3.8) is 0 Å². The number of benzene rings is 1. The van der Waals surface area contributed by atoms with Gasteiger partial charge in [0.2, 0.25) is 5.91 Å². The number of fused-ring (bicyclic) bond motifs is 1. The topological polar surface area (TPSA) is 58.4 Å². The SMILES string of the molecule is CC1CCN(Cc2cccc3c2NCC3)C(C(N)=O)C1. The molecule has 1 amide bonds. The second-order valence-electron chi connectivity index (χ2n) is 6.15. The highest BCUT2D eigenvalue weighted by Crippen LogP contribution is 2.30. The van der Waals surface area contributed by atoms with E-state index < -0.39 is 0 Å². The quantitative estimate of drug-likeness (QED) is 0.882. The van der Waals surface area contributed by atoms with Crippen molar-refractivity contribution in [1.82, 2.24) is 4.90 Å². The van der Waals surface area contributed by atoms with Crippen LogP contribution in [0.25, 0.3) is 0 Å². The fourth-order valence-electron chi connectivity index (χ4n) is 3.44. The minimum atomic E-state index is -0.183. The maximum atomic E-state index is 11.7. The summed E-state index contributed by atoms with van der Waals surface area (Å²) in [5, 5.41) is 3.47. The molecule has 4 heteroatoms. The number of amides is 1. The van der Waals surface area contributed by atoms with Crippen LogP contribution in [-0.2, 0) is 17.8 Å². The molecule has 1 saturated heterocycles. The summed E-state index contributed by atoms with van der Waals surface area (Å²) < 4.78 is 0. The number of rotatable bonds is 3. The van der Waals surface area contributed by atoms with Gasteiger partial charge in [0, 0.05) is 18.8 Å². The fourth-order valence-corrected chi connectivity index (χ4v) is 3.44. The Labute approximate surface area is 120 Å². The third-order valence-corrected chi connectivity index (χ3v) is 4.61. The molecule has 108 valence electrons. The predicted molar refractivity (Wildman–Crippen MR) is 80.4 cm³/mol. The Morgan fingerprint density at radius 2 is 2.35 bits per heavy atom. The number of primary amides is 1. The first-order valence-electron chi connectivity index (χ1n) is 7.53. The molecule has 2 atom stereocenters. The number of piperidine rings is 1. The van der Waals surface area contributed by atoms with Crippen molar-refractivity contribution in [3.05, 3.63) is 29.3 Å². The van der Waals surface area contributed by atoms with Gasteiger partial charge in [-0.2, -0.15) is 0 Å². The molecule has 0 saturated carbocycles. The average molecular weight is 273 g/mol. The van der Waals surface area contributed by atoms with Crippen molar-refractivity contribution in [3.8, 4) is 0 Å². The van der Waals surface area contributed by atoms with Crippen LogP contribution in [0.15, 0.2) is 18.2 Å². The van der Waals surface area contributed by atoms with E-state index in [-0.39, 0.29) is 11.9 Å². The van der Waals surface area contributed by atoms with Gasteiger partial charge in [0.1, 0.15) is 0 Å². The Balaban J connectivity index is 1.80. The molecule has 1 fully saturated rings. The average Bonchev–Trinajstić information content (AvgIpc) is 2.90. The molecule has 0 radical (unpaired) electrons. The molecule has 20 heavy (non-hydrogen) atoms. The van der Waals surface area contributed by atoms with Crippen LogP contribution in [0.2, 0.25) is 0 Å². The standard InChI is InChI=1S/C16H23N3O/c1-11-6-8-19(14(9-11)16(17)20)10-13-4-2-3-12-5-7-18-15(12)13/h2-4,11,14,18H,5-10H2,1H3,(H2,17,20). The monoisotopic (exact) mass is 273 g/mol. The lowest BCUT2D eigenvalue weighted by Crippen LogP contribution is -2.49. The summed E-state index contributed by atoms with van der Waals surface area (Å²) in [4.78, 5) is 13.9. The number of nitrogens with one attached hydrogen (secondary N) is 1. The van der Waals surface area contributed by atoms with E-state index in [1.165, 1.54) is 16.8 Å². The summed E-state index contributed by atoms with van der Waals surface area (Å²) >= 11 is 0. The molecule has 4 nitrogen and oxygen atoms in total. The molecule has 2 heterocycles. The Bertz CT molecular complexity index is 514. The predicted octanol–water partition coefficient (Wildman–Crippen LogP) is 1.74. The number of nitrogens with zero attached hydrogens (tertiary/aromatic N) is 1. The Morgan fingerprint density at radius 3 is 3.15 bits per heavy atom. The van der Waals surface area contributed by atoms with Gasteiger partial charge in [-0.15, -0.1) is 0 Å². The van der Waals surface area contributed by atoms with E-state index in [2.05, 4.69) is 35.3 Å². The van der Waals surface area contributed by atoms with E-state index in [0.717, 1.165) is 38.9 Å². The van der Waals surface area contributed by atoms with Crippen LogP contribution in [0.5, 0.6) is 0 Å². The zero-order valence-corrected chi connectivity index (χ0v) is 12.1. The van der Waals surface area contributed by atoms with Gasteiger partial charge in [0.25, 0.3) is 0 Å². The summed E-state index contributed by atoms with van der Waals surface area (Å²) in [6.45, 7) is 4.99. The Morgan fingerprint density at radius 1 is 1.50 bits per heavy atom. The normalized spacial score (nSPS) is 26.1. The summed E-state index contributed by atoms with van der Waals surface area (Å²) in [5.41, 5.74) is 9.55. The van der Waals surface area contributed by atoms with E-state index in [0.29, 0.717) is 5.92 Å². The molecule has 0 aromatic heterocycles. The highest BCUT2D eigenvalue weighted by atomic mass is 16.1. The first-order chi connectivity index (χ1) is 9.65. The molecule has 0 bridgehead atoms. The lowest BCUT2D eigenvalue weighted by Gasteiger charge is -2.37. The summed E-state index contributed by atoms with van der Waals surface area (Å²) in [6.07, 6.45) is 3.13. The largest absolute Gasteiger partial charge is 0.384 e. The molecule has 3 rings (SSSR count). The van der Waals surface area contributed by atoms with Crippen molar-refractivity contribution in [1.29, 1.82) is 0 Å². The number of carbonyl (C=O) groups excluding carboxylic acids is 1. The van der Waals surface area contributed by atoms with Crippen molar-refractivity contribution in [2.75, 3.05) is 18.4 Å². The van der Waals surface area contributed by atoms with Crippen LogP contribution in [0.1, 0.15) is 30.9 Å². The Kier molecular flexibility index (Phi) is 3.66. The first kappa shape index (κ1) is 13.4. The van der Waals surface area contributed by atoms with Crippen molar-refractivity contribution < 1.29 is 4.79 Å². The zero-order chi connectivity index (χ0) is 14.1. The number of likely N-dealkylation sites (tertiary alicyclic amines) is 1. The highest BCUT2D eigenvalue weighted by molar-refractivity contribution is 5.80. The van der Waals surface area contributed by atoms with Gasteiger partial charge in [-0.3, -0.25) is 9.69 Å². The van der Waals surface area contributed by atoms with Gasteiger partial charge in [0.05, 0.1) is 6.04 Å². The molecular weight excluding hydrogens is 250 g/mol.